The number of amides is 1. The molecule has 1 aliphatic carbocycles. The van der Waals surface area contributed by atoms with Crippen LogP contribution in [-0.4, -0.2) is 41.2 Å². The molecule has 0 unspecified atom stereocenters. The van der Waals surface area contributed by atoms with Crippen molar-refractivity contribution in [2.45, 2.75) is 71.6 Å². The minimum atomic E-state index is -0.267. The van der Waals surface area contributed by atoms with Crippen molar-refractivity contribution in [1.82, 2.24) is 15.3 Å². The molecular formula is C25H33FN4O2. The zero-order chi connectivity index (χ0) is 22.9. The van der Waals surface area contributed by atoms with E-state index < -0.39 is 0 Å². The van der Waals surface area contributed by atoms with Gasteiger partial charge in [-0.3, -0.25) is 4.79 Å². The summed E-state index contributed by atoms with van der Waals surface area (Å²) in [6.07, 6.45) is 4.43. The first-order valence-corrected chi connectivity index (χ1v) is 11.5. The number of hydrogen-bond donors (Lipinski definition) is 1. The van der Waals surface area contributed by atoms with Crippen LogP contribution in [0, 0.1) is 11.2 Å². The highest BCUT2D eigenvalue weighted by molar-refractivity contribution is 5.76. The fraction of sp³-hybridized carbons (Fsp3) is 0.560. The average Bonchev–Trinajstić information content (AvgIpc) is 2.71. The molecule has 1 aliphatic heterocycles. The summed E-state index contributed by atoms with van der Waals surface area (Å²) < 4.78 is 19.7. The fourth-order valence-electron chi connectivity index (χ4n) is 4.87. The van der Waals surface area contributed by atoms with E-state index in [4.69, 9.17) is 9.72 Å². The highest BCUT2D eigenvalue weighted by Crippen LogP contribution is 2.40. The third kappa shape index (κ3) is 5.26. The van der Waals surface area contributed by atoms with E-state index >= 15 is 0 Å². The zero-order valence-corrected chi connectivity index (χ0v) is 19.4. The van der Waals surface area contributed by atoms with E-state index in [0.717, 1.165) is 43.1 Å². The van der Waals surface area contributed by atoms with Gasteiger partial charge in [-0.05, 0) is 50.2 Å². The standard InChI is InChI=1S/C25H33FN4O2/c1-16-14-30(15-17(2)32-16)24-27-13-19-21(11-25(3,4)12-22(19)29-24)28-23(31)10-9-18-7-5-6-8-20(18)26/h5-8,13,16-17,21H,9-12,14-15H2,1-4H3,(H,28,31)/t16-,17+,21-/m1/s1. The number of hydrogen-bond acceptors (Lipinski definition) is 5. The van der Waals surface area contributed by atoms with Gasteiger partial charge in [0.2, 0.25) is 11.9 Å². The summed E-state index contributed by atoms with van der Waals surface area (Å²) in [5.41, 5.74) is 2.56. The molecule has 2 heterocycles. The van der Waals surface area contributed by atoms with Crippen LogP contribution in [0.4, 0.5) is 10.3 Å². The number of rotatable bonds is 5. The molecule has 2 aromatic rings. The summed E-state index contributed by atoms with van der Waals surface area (Å²) >= 11 is 0. The number of benzene rings is 1. The van der Waals surface area contributed by atoms with Crippen molar-refractivity contribution >= 4 is 11.9 Å². The van der Waals surface area contributed by atoms with Crippen LogP contribution in [0.2, 0.25) is 0 Å². The van der Waals surface area contributed by atoms with E-state index in [1.807, 2.05) is 6.20 Å². The highest BCUT2D eigenvalue weighted by atomic mass is 19.1. The molecule has 2 aliphatic rings. The van der Waals surface area contributed by atoms with E-state index in [1.165, 1.54) is 6.07 Å². The van der Waals surface area contributed by atoms with Gasteiger partial charge >= 0.3 is 0 Å². The summed E-state index contributed by atoms with van der Waals surface area (Å²) in [6.45, 7) is 10.1. The van der Waals surface area contributed by atoms with Gasteiger partial charge in [-0.2, -0.15) is 0 Å². The molecule has 1 fully saturated rings. The van der Waals surface area contributed by atoms with Gasteiger partial charge in [0.1, 0.15) is 5.82 Å². The Hall–Kier alpha value is -2.54. The lowest BCUT2D eigenvalue weighted by molar-refractivity contribution is -0.122. The number of morpholine rings is 1. The van der Waals surface area contributed by atoms with Crippen molar-refractivity contribution in [3.05, 3.63) is 53.1 Å². The topological polar surface area (TPSA) is 67.4 Å². The normalized spacial score (nSPS) is 24.7. The number of aryl methyl sites for hydroxylation is 1. The van der Waals surface area contributed by atoms with Gasteiger partial charge in [0.05, 0.1) is 23.9 Å². The largest absolute Gasteiger partial charge is 0.372 e. The number of nitrogens with zero attached hydrogens (tertiary/aromatic N) is 3. The number of nitrogens with one attached hydrogen (secondary N) is 1. The van der Waals surface area contributed by atoms with Crippen LogP contribution in [0.5, 0.6) is 0 Å². The third-order valence-corrected chi connectivity index (χ3v) is 6.28. The fourth-order valence-corrected chi connectivity index (χ4v) is 4.87. The molecular weight excluding hydrogens is 407 g/mol. The number of ether oxygens (including phenoxy) is 1. The Morgan fingerprint density at radius 2 is 1.97 bits per heavy atom. The van der Waals surface area contributed by atoms with Gasteiger partial charge in [0.15, 0.2) is 0 Å². The molecule has 1 amide bonds. The second-order valence-electron chi connectivity index (χ2n) is 9.99. The Balaban J connectivity index is 1.48. The molecule has 172 valence electrons. The smallest absolute Gasteiger partial charge is 0.225 e. The number of carbonyl (C=O) groups excluding carboxylic acids is 1. The maximum atomic E-state index is 13.9. The lowest BCUT2D eigenvalue weighted by Gasteiger charge is -2.38. The quantitative estimate of drug-likeness (QED) is 0.762. The lowest BCUT2D eigenvalue weighted by Crippen LogP contribution is -2.46. The Bertz CT molecular complexity index is 970. The molecule has 1 N–H and O–H groups in total. The van der Waals surface area contributed by atoms with Crippen molar-refractivity contribution in [3.63, 3.8) is 0 Å². The molecule has 0 bridgehead atoms. The maximum Gasteiger partial charge on any atom is 0.225 e. The second kappa shape index (κ2) is 9.14. The number of carbonyl (C=O) groups is 1. The Morgan fingerprint density at radius 3 is 2.69 bits per heavy atom. The molecule has 4 rings (SSSR count). The van der Waals surface area contributed by atoms with Crippen molar-refractivity contribution in [2.24, 2.45) is 5.41 Å². The molecule has 7 heteroatoms. The van der Waals surface area contributed by atoms with Crippen molar-refractivity contribution < 1.29 is 13.9 Å². The van der Waals surface area contributed by atoms with Crippen molar-refractivity contribution in [1.29, 1.82) is 0 Å². The summed E-state index contributed by atoms with van der Waals surface area (Å²) in [6, 6.07) is 6.47. The minimum Gasteiger partial charge on any atom is -0.372 e. The van der Waals surface area contributed by atoms with Crippen LogP contribution in [0.3, 0.4) is 0 Å². The first-order valence-electron chi connectivity index (χ1n) is 11.5. The van der Waals surface area contributed by atoms with Gasteiger partial charge in [0, 0.05) is 31.3 Å². The minimum absolute atomic E-state index is 0.00764. The monoisotopic (exact) mass is 440 g/mol. The second-order valence-corrected chi connectivity index (χ2v) is 9.99. The molecule has 0 spiro atoms. The molecule has 0 saturated carbocycles. The number of aromatic nitrogens is 2. The van der Waals surface area contributed by atoms with Gasteiger partial charge in [-0.1, -0.05) is 32.0 Å². The van der Waals surface area contributed by atoms with Crippen LogP contribution in [0.15, 0.2) is 30.5 Å². The van der Waals surface area contributed by atoms with E-state index in [1.54, 1.807) is 18.2 Å². The summed E-state index contributed by atoms with van der Waals surface area (Å²) in [5, 5.41) is 3.16. The molecule has 0 radical (unpaired) electrons. The third-order valence-electron chi connectivity index (χ3n) is 6.28. The van der Waals surface area contributed by atoms with Crippen LogP contribution in [0.25, 0.3) is 0 Å². The Labute approximate surface area is 189 Å². The van der Waals surface area contributed by atoms with E-state index in [2.05, 4.69) is 42.9 Å². The molecule has 3 atom stereocenters. The first kappa shape index (κ1) is 22.6. The lowest BCUT2D eigenvalue weighted by atomic mass is 9.74. The van der Waals surface area contributed by atoms with E-state index in [0.29, 0.717) is 12.0 Å². The SMILES string of the molecule is C[C@@H]1CN(c2ncc3c(n2)CC(C)(C)C[C@H]3NC(=O)CCc2ccccc2F)C[C@H](C)O1. The van der Waals surface area contributed by atoms with Crippen molar-refractivity contribution in [2.75, 3.05) is 18.0 Å². The van der Waals surface area contributed by atoms with Crippen molar-refractivity contribution in [3.8, 4) is 0 Å². The van der Waals surface area contributed by atoms with E-state index in [9.17, 15) is 9.18 Å². The van der Waals surface area contributed by atoms with E-state index in [-0.39, 0.29) is 41.8 Å². The molecule has 6 nitrogen and oxygen atoms in total. The van der Waals surface area contributed by atoms with Gasteiger partial charge in [0.25, 0.3) is 0 Å². The van der Waals surface area contributed by atoms with Gasteiger partial charge < -0.3 is 15.0 Å². The van der Waals surface area contributed by atoms with Gasteiger partial charge in [-0.15, -0.1) is 0 Å². The van der Waals surface area contributed by atoms with Crippen LogP contribution in [-0.2, 0) is 22.4 Å². The van der Waals surface area contributed by atoms with Crippen LogP contribution in [0.1, 0.15) is 63.4 Å². The maximum absolute atomic E-state index is 13.9. The predicted octanol–water partition coefficient (Wildman–Crippen LogP) is 3.99. The number of fused-ring (bicyclic) bond motifs is 1. The van der Waals surface area contributed by atoms with Crippen LogP contribution < -0.4 is 10.2 Å². The summed E-state index contributed by atoms with van der Waals surface area (Å²) in [5.74, 6) is 0.381. The highest BCUT2D eigenvalue weighted by Gasteiger charge is 2.35. The molecule has 1 saturated heterocycles. The Morgan fingerprint density at radius 1 is 1.25 bits per heavy atom. The summed E-state index contributed by atoms with van der Waals surface area (Å²) in [7, 11) is 0. The number of halogens is 1. The predicted molar refractivity (Wildman–Crippen MR) is 122 cm³/mol. The summed E-state index contributed by atoms with van der Waals surface area (Å²) in [4.78, 5) is 24.5. The zero-order valence-electron chi connectivity index (χ0n) is 19.4. The average molecular weight is 441 g/mol. The molecule has 1 aromatic heterocycles. The number of anilines is 1. The van der Waals surface area contributed by atoms with Gasteiger partial charge in [-0.25, -0.2) is 14.4 Å². The first-order chi connectivity index (χ1) is 15.2. The van der Waals surface area contributed by atoms with Crippen LogP contribution >= 0.6 is 0 Å². The molecule has 1 aromatic carbocycles. The Kier molecular flexibility index (Phi) is 6.47. The molecule has 32 heavy (non-hydrogen) atoms.